The molecule has 0 radical (unpaired) electrons. The number of benzene rings is 1. The zero-order valence-electron chi connectivity index (χ0n) is 7.60. The zero-order chi connectivity index (χ0) is 11.9. The first-order valence-corrected chi connectivity index (χ1v) is 4.86. The van der Waals surface area contributed by atoms with Crippen molar-refractivity contribution in [3.8, 4) is 0 Å². The van der Waals surface area contributed by atoms with Crippen LogP contribution in [0.2, 0.25) is 0 Å². The molecule has 0 saturated carbocycles. The topological polar surface area (TPSA) is 109 Å². The summed E-state index contributed by atoms with van der Waals surface area (Å²) in [6.07, 6.45) is 0. The van der Waals surface area contributed by atoms with Gasteiger partial charge in [0.05, 0.1) is 9.40 Å². The van der Waals surface area contributed by atoms with Gasteiger partial charge in [-0.1, -0.05) is 0 Å². The SMILES string of the molecule is O=C(O)c1[nH]nc2c([N+](=O)[O-])c(Br)ccc12. The molecule has 16 heavy (non-hydrogen) atoms. The average molecular weight is 286 g/mol. The highest BCUT2D eigenvalue weighted by Crippen LogP contribution is 2.33. The molecule has 1 aromatic carbocycles. The lowest BCUT2D eigenvalue weighted by molar-refractivity contribution is -0.384. The van der Waals surface area contributed by atoms with E-state index in [-0.39, 0.29) is 26.8 Å². The third-order valence-electron chi connectivity index (χ3n) is 2.05. The van der Waals surface area contributed by atoms with Crippen molar-refractivity contribution in [1.82, 2.24) is 10.2 Å². The Kier molecular flexibility index (Phi) is 2.35. The first-order valence-electron chi connectivity index (χ1n) is 4.06. The predicted octanol–water partition coefficient (Wildman–Crippen LogP) is 1.93. The summed E-state index contributed by atoms with van der Waals surface area (Å²) in [6, 6.07) is 2.88. The highest BCUT2D eigenvalue weighted by atomic mass is 79.9. The average Bonchev–Trinajstić information content (AvgIpc) is 2.59. The van der Waals surface area contributed by atoms with Gasteiger partial charge in [-0.3, -0.25) is 15.2 Å². The van der Waals surface area contributed by atoms with E-state index in [4.69, 9.17) is 5.11 Å². The van der Waals surface area contributed by atoms with Gasteiger partial charge in [0.2, 0.25) is 0 Å². The molecule has 1 aromatic heterocycles. The molecule has 2 aromatic rings. The van der Waals surface area contributed by atoms with Crippen molar-refractivity contribution < 1.29 is 14.8 Å². The Labute approximate surface area is 96.4 Å². The highest BCUT2D eigenvalue weighted by molar-refractivity contribution is 9.10. The molecule has 0 aliphatic rings. The van der Waals surface area contributed by atoms with Gasteiger partial charge in [-0.2, -0.15) is 5.10 Å². The fourth-order valence-electron chi connectivity index (χ4n) is 1.38. The summed E-state index contributed by atoms with van der Waals surface area (Å²) >= 11 is 3.02. The van der Waals surface area contributed by atoms with Crippen LogP contribution in [0.3, 0.4) is 0 Å². The molecule has 0 saturated heterocycles. The van der Waals surface area contributed by atoms with E-state index >= 15 is 0 Å². The number of hydrogen-bond acceptors (Lipinski definition) is 4. The number of nitrogens with one attached hydrogen (secondary N) is 1. The maximum Gasteiger partial charge on any atom is 0.354 e. The summed E-state index contributed by atoms with van der Waals surface area (Å²) in [5, 5.41) is 25.7. The second-order valence-electron chi connectivity index (χ2n) is 2.95. The van der Waals surface area contributed by atoms with Crippen molar-refractivity contribution in [2.24, 2.45) is 0 Å². The van der Waals surface area contributed by atoms with Crippen molar-refractivity contribution in [2.75, 3.05) is 0 Å². The number of rotatable bonds is 2. The normalized spacial score (nSPS) is 10.6. The van der Waals surface area contributed by atoms with E-state index in [1.807, 2.05) is 0 Å². The molecule has 82 valence electrons. The number of aromatic nitrogens is 2. The van der Waals surface area contributed by atoms with E-state index in [0.717, 1.165) is 0 Å². The monoisotopic (exact) mass is 285 g/mol. The summed E-state index contributed by atoms with van der Waals surface area (Å²) in [5.74, 6) is -1.21. The maximum atomic E-state index is 10.8. The number of H-pyrrole nitrogens is 1. The molecular formula is C8H4BrN3O4. The Bertz CT molecular complexity index is 607. The molecule has 0 fully saturated rings. The number of aromatic carboxylic acids is 1. The second kappa shape index (κ2) is 3.56. The summed E-state index contributed by atoms with van der Waals surface area (Å²) in [5.41, 5.74) is -0.386. The van der Waals surface area contributed by atoms with Crippen molar-refractivity contribution in [3.05, 3.63) is 32.4 Å². The molecule has 0 bridgehead atoms. The van der Waals surface area contributed by atoms with Crippen molar-refractivity contribution >= 4 is 38.5 Å². The molecule has 0 amide bonds. The van der Waals surface area contributed by atoms with Gasteiger partial charge in [-0.05, 0) is 28.1 Å². The smallest absolute Gasteiger partial charge is 0.354 e. The van der Waals surface area contributed by atoms with Gasteiger partial charge in [0, 0.05) is 5.39 Å². The van der Waals surface area contributed by atoms with Crippen LogP contribution in [-0.4, -0.2) is 26.2 Å². The number of aromatic amines is 1. The fraction of sp³-hybridized carbons (Fsp3) is 0. The van der Waals surface area contributed by atoms with Crippen molar-refractivity contribution in [2.45, 2.75) is 0 Å². The molecule has 7 nitrogen and oxygen atoms in total. The molecule has 0 spiro atoms. The third-order valence-corrected chi connectivity index (χ3v) is 2.69. The van der Waals surface area contributed by atoms with Crippen LogP contribution in [0.4, 0.5) is 5.69 Å². The number of hydrogen-bond donors (Lipinski definition) is 2. The summed E-state index contributed by atoms with van der Waals surface area (Å²) < 4.78 is 0.258. The van der Waals surface area contributed by atoms with Gasteiger partial charge >= 0.3 is 11.7 Å². The Hall–Kier alpha value is -1.96. The van der Waals surface area contributed by atoms with E-state index in [2.05, 4.69) is 26.1 Å². The molecular weight excluding hydrogens is 282 g/mol. The lowest BCUT2D eigenvalue weighted by atomic mass is 10.2. The van der Waals surface area contributed by atoms with Gasteiger partial charge in [-0.15, -0.1) is 0 Å². The summed E-state index contributed by atoms with van der Waals surface area (Å²) in [4.78, 5) is 21.0. The number of carboxylic acid groups (broad SMARTS) is 1. The molecule has 0 unspecified atom stereocenters. The molecule has 2 rings (SSSR count). The molecule has 1 heterocycles. The highest BCUT2D eigenvalue weighted by Gasteiger charge is 2.23. The van der Waals surface area contributed by atoms with Crippen LogP contribution >= 0.6 is 15.9 Å². The lowest BCUT2D eigenvalue weighted by Gasteiger charge is -1.95. The number of nitro benzene ring substituents is 1. The lowest BCUT2D eigenvalue weighted by Crippen LogP contribution is -1.96. The van der Waals surface area contributed by atoms with Gasteiger partial charge in [0.15, 0.2) is 11.2 Å². The van der Waals surface area contributed by atoms with Crippen molar-refractivity contribution in [3.63, 3.8) is 0 Å². The number of nitro groups is 1. The Balaban J connectivity index is 2.86. The van der Waals surface area contributed by atoms with Gasteiger partial charge in [0.25, 0.3) is 0 Å². The van der Waals surface area contributed by atoms with Crippen LogP contribution in [0.1, 0.15) is 10.5 Å². The summed E-state index contributed by atoms with van der Waals surface area (Å²) in [6.45, 7) is 0. The molecule has 0 atom stereocenters. The van der Waals surface area contributed by atoms with E-state index in [1.165, 1.54) is 12.1 Å². The quantitative estimate of drug-likeness (QED) is 0.647. The first-order chi connectivity index (χ1) is 7.52. The first kappa shape index (κ1) is 10.6. The van der Waals surface area contributed by atoms with E-state index < -0.39 is 10.9 Å². The minimum atomic E-state index is -1.21. The van der Waals surface area contributed by atoms with E-state index in [9.17, 15) is 14.9 Å². The number of halogens is 1. The van der Waals surface area contributed by atoms with Crippen LogP contribution in [-0.2, 0) is 0 Å². The van der Waals surface area contributed by atoms with Crippen LogP contribution in [0.15, 0.2) is 16.6 Å². The van der Waals surface area contributed by atoms with Gasteiger partial charge in [0.1, 0.15) is 0 Å². The van der Waals surface area contributed by atoms with Gasteiger partial charge in [-0.25, -0.2) is 4.79 Å². The number of fused-ring (bicyclic) bond motifs is 1. The zero-order valence-corrected chi connectivity index (χ0v) is 9.19. The largest absolute Gasteiger partial charge is 0.477 e. The van der Waals surface area contributed by atoms with Crippen LogP contribution in [0.5, 0.6) is 0 Å². The molecule has 0 aliphatic heterocycles. The molecule has 0 aliphatic carbocycles. The Morgan fingerprint density at radius 3 is 2.81 bits per heavy atom. The Morgan fingerprint density at radius 1 is 1.56 bits per heavy atom. The fourth-order valence-corrected chi connectivity index (χ4v) is 1.84. The van der Waals surface area contributed by atoms with Crippen molar-refractivity contribution in [1.29, 1.82) is 0 Å². The van der Waals surface area contributed by atoms with Gasteiger partial charge < -0.3 is 5.11 Å². The van der Waals surface area contributed by atoms with Crippen LogP contribution < -0.4 is 0 Å². The van der Waals surface area contributed by atoms with Crippen LogP contribution in [0.25, 0.3) is 10.9 Å². The molecule has 8 heteroatoms. The van der Waals surface area contributed by atoms with E-state index in [1.54, 1.807) is 0 Å². The second-order valence-corrected chi connectivity index (χ2v) is 3.81. The maximum absolute atomic E-state index is 10.8. The van der Waals surface area contributed by atoms with E-state index in [0.29, 0.717) is 0 Å². The minimum absolute atomic E-state index is 0.0248. The predicted molar refractivity (Wildman–Crippen MR) is 57.4 cm³/mol. The summed E-state index contributed by atoms with van der Waals surface area (Å²) in [7, 11) is 0. The number of carbonyl (C=O) groups is 1. The third kappa shape index (κ3) is 1.43. The number of carboxylic acids is 1. The Morgan fingerprint density at radius 2 is 2.25 bits per heavy atom. The molecule has 2 N–H and O–H groups in total. The van der Waals surface area contributed by atoms with Crippen LogP contribution in [0, 0.1) is 10.1 Å². The minimum Gasteiger partial charge on any atom is -0.477 e. The number of nitrogens with zero attached hydrogens (tertiary/aromatic N) is 2. The standard InChI is InChI=1S/C8H4BrN3O4/c9-4-2-1-3-5(7(4)12(15)16)10-11-6(3)8(13)14/h1-2H,(H,10,11)(H,13,14).